The van der Waals surface area contributed by atoms with Crippen LogP contribution < -0.4 is 0 Å². The zero-order chi connectivity index (χ0) is 6.55. The van der Waals surface area contributed by atoms with E-state index >= 15 is 0 Å². The van der Waals surface area contributed by atoms with Crippen LogP contribution in [0.1, 0.15) is 25.7 Å². The molecule has 0 spiro atoms. The molecule has 2 heteroatoms. The van der Waals surface area contributed by atoms with Gasteiger partial charge in [-0.2, -0.15) is 23.5 Å². The molecule has 0 saturated carbocycles. The summed E-state index contributed by atoms with van der Waals surface area (Å²) in [6, 6.07) is 0. The fourth-order valence-corrected chi connectivity index (χ4v) is 6.47. The third-order valence-corrected chi connectivity index (χ3v) is 7.00. The van der Waals surface area contributed by atoms with Crippen molar-refractivity contribution in [2.75, 3.05) is 0 Å². The van der Waals surface area contributed by atoms with Crippen LogP contribution in [0.15, 0.2) is 0 Å². The Labute approximate surface area is 70.5 Å². The zero-order valence-corrected chi connectivity index (χ0v) is 7.59. The van der Waals surface area contributed by atoms with E-state index < -0.39 is 0 Å². The summed E-state index contributed by atoms with van der Waals surface area (Å²) in [6.07, 6.45) is 6.12. The zero-order valence-electron chi connectivity index (χ0n) is 5.95. The first kappa shape index (κ1) is 6.24. The minimum atomic E-state index is 1.06. The van der Waals surface area contributed by atoms with Crippen LogP contribution >= 0.6 is 23.5 Å². The minimum Gasteiger partial charge on any atom is -0.153 e. The minimum absolute atomic E-state index is 1.06. The van der Waals surface area contributed by atoms with E-state index in [1.807, 2.05) is 0 Å². The number of rotatable bonds is 0. The smallest absolute Gasteiger partial charge is 0.0170 e. The number of thioether (sulfide) groups is 2. The summed E-state index contributed by atoms with van der Waals surface area (Å²) in [5.74, 6) is 0. The molecule has 0 amide bonds. The van der Waals surface area contributed by atoms with Gasteiger partial charge in [0.05, 0.1) is 0 Å². The van der Waals surface area contributed by atoms with E-state index in [0.717, 1.165) is 21.0 Å². The van der Waals surface area contributed by atoms with Crippen molar-refractivity contribution in [2.45, 2.75) is 46.7 Å². The van der Waals surface area contributed by atoms with Crippen LogP contribution in [0.2, 0.25) is 0 Å². The molecule has 3 aliphatic rings. The van der Waals surface area contributed by atoms with Crippen molar-refractivity contribution in [3.63, 3.8) is 0 Å². The molecule has 0 N–H and O–H groups in total. The van der Waals surface area contributed by atoms with Crippen molar-refractivity contribution in [1.82, 2.24) is 0 Å². The molecule has 0 aromatic heterocycles. The Balaban J connectivity index is 1.94. The first-order valence-corrected chi connectivity index (χ1v) is 6.13. The third kappa shape index (κ3) is 0.724. The second kappa shape index (κ2) is 2.10. The Morgan fingerprint density at radius 1 is 0.600 bits per heavy atom. The van der Waals surface area contributed by atoms with Crippen molar-refractivity contribution in [3.05, 3.63) is 0 Å². The molecule has 10 heavy (non-hydrogen) atoms. The van der Waals surface area contributed by atoms with E-state index in [-0.39, 0.29) is 0 Å². The standard InChI is InChI=1S/C8H12S2/c1-2-6-8-4-3-7(10-8)5(1)9-6/h5-8H,1-4H2. The molecule has 4 unspecified atom stereocenters. The summed E-state index contributed by atoms with van der Waals surface area (Å²) in [6.45, 7) is 0. The lowest BCUT2D eigenvalue weighted by molar-refractivity contribution is 0.612. The monoisotopic (exact) mass is 172 g/mol. The Bertz CT molecular complexity index is 123. The lowest BCUT2D eigenvalue weighted by Crippen LogP contribution is -2.20. The molecule has 0 aromatic carbocycles. The Kier molecular flexibility index (Phi) is 1.31. The number of hydrogen-bond donors (Lipinski definition) is 0. The van der Waals surface area contributed by atoms with Crippen LogP contribution in [0.4, 0.5) is 0 Å². The van der Waals surface area contributed by atoms with Crippen molar-refractivity contribution in [3.8, 4) is 0 Å². The highest BCUT2D eigenvalue weighted by atomic mass is 32.2. The van der Waals surface area contributed by atoms with E-state index in [0.29, 0.717) is 0 Å². The molecule has 0 aliphatic carbocycles. The van der Waals surface area contributed by atoms with E-state index in [9.17, 15) is 0 Å². The average molecular weight is 172 g/mol. The van der Waals surface area contributed by atoms with Gasteiger partial charge in [-0.3, -0.25) is 0 Å². The molecule has 3 heterocycles. The van der Waals surface area contributed by atoms with E-state index in [1.54, 1.807) is 0 Å². The van der Waals surface area contributed by atoms with Crippen molar-refractivity contribution < 1.29 is 0 Å². The van der Waals surface area contributed by atoms with Crippen LogP contribution in [-0.4, -0.2) is 21.0 Å². The van der Waals surface area contributed by atoms with Gasteiger partial charge in [-0.05, 0) is 25.7 Å². The Hall–Kier alpha value is 0.700. The highest BCUT2D eigenvalue weighted by Crippen LogP contribution is 2.56. The first-order chi connectivity index (χ1) is 4.93. The maximum absolute atomic E-state index is 2.31. The summed E-state index contributed by atoms with van der Waals surface area (Å²) in [5.41, 5.74) is 0. The summed E-state index contributed by atoms with van der Waals surface area (Å²) in [7, 11) is 0. The molecular formula is C8H12S2. The second-order valence-corrected chi connectivity index (χ2v) is 6.55. The average Bonchev–Trinajstić information content (AvgIpc) is 2.41. The molecule has 3 fully saturated rings. The maximum Gasteiger partial charge on any atom is 0.0170 e. The van der Waals surface area contributed by atoms with Crippen molar-refractivity contribution in [1.29, 1.82) is 0 Å². The topological polar surface area (TPSA) is 0 Å². The SMILES string of the molecule is C1CC2SC1C1CCC2S1. The summed E-state index contributed by atoms with van der Waals surface area (Å²) in [4.78, 5) is 0. The highest BCUT2D eigenvalue weighted by molar-refractivity contribution is 8.08. The van der Waals surface area contributed by atoms with Crippen LogP contribution in [0.5, 0.6) is 0 Å². The maximum atomic E-state index is 2.31. The molecular weight excluding hydrogens is 160 g/mol. The molecule has 4 bridgehead atoms. The highest BCUT2D eigenvalue weighted by Gasteiger charge is 2.46. The fraction of sp³-hybridized carbons (Fsp3) is 1.00. The largest absolute Gasteiger partial charge is 0.153 e. The summed E-state index contributed by atoms with van der Waals surface area (Å²) < 4.78 is 0. The van der Waals surface area contributed by atoms with Crippen LogP contribution in [0.25, 0.3) is 0 Å². The summed E-state index contributed by atoms with van der Waals surface area (Å²) >= 11 is 4.62. The summed E-state index contributed by atoms with van der Waals surface area (Å²) in [5, 5.41) is 4.25. The molecule has 3 saturated heterocycles. The third-order valence-electron chi connectivity index (χ3n) is 3.00. The Morgan fingerprint density at radius 3 is 1.20 bits per heavy atom. The van der Waals surface area contributed by atoms with Gasteiger partial charge in [0, 0.05) is 21.0 Å². The molecule has 0 nitrogen and oxygen atoms in total. The van der Waals surface area contributed by atoms with Gasteiger partial charge in [0.15, 0.2) is 0 Å². The lowest BCUT2D eigenvalue weighted by atomic mass is 10.0. The molecule has 3 rings (SSSR count). The predicted octanol–water partition coefficient (Wildman–Crippen LogP) is 2.53. The van der Waals surface area contributed by atoms with Gasteiger partial charge in [0.2, 0.25) is 0 Å². The molecule has 4 atom stereocenters. The van der Waals surface area contributed by atoms with Gasteiger partial charge < -0.3 is 0 Å². The van der Waals surface area contributed by atoms with Gasteiger partial charge >= 0.3 is 0 Å². The first-order valence-electron chi connectivity index (χ1n) is 4.24. The van der Waals surface area contributed by atoms with Gasteiger partial charge in [-0.25, -0.2) is 0 Å². The van der Waals surface area contributed by atoms with Crippen molar-refractivity contribution in [2.24, 2.45) is 0 Å². The van der Waals surface area contributed by atoms with Crippen LogP contribution in [0.3, 0.4) is 0 Å². The van der Waals surface area contributed by atoms with E-state index in [4.69, 9.17) is 0 Å². The predicted molar refractivity (Wildman–Crippen MR) is 48.8 cm³/mol. The molecule has 3 aliphatic heterocycles. The van der Waals surface area contributed by atoms with Crippen LogP contribution in [-0.2, 0) is 0 Å². The fourth-order valence-electron chi connectivity index (χ4n) is 2.47. The Morgan fingerprint density at radius 2 is 0.900 bits per heavy atom. The van der Waals surface area contributed by atoms with Crippen LogP contribution in [0, 0.1) is 0 Å². The lowest BCUT2D eigenvalue weighted by Gasteiger charge is -2.25. The van der Waals surface area contributed by atoms with Crippen molar-refractivity contribution >= 4 is 23.5 Å². The van der Waals surface area contributed by atoms with Gasteiger partial charge in [0.1, 0.15) is 0 Å². The molecule has 56 valence electrons. The molecule has 0 aromatic rings. The number of hydrogen-bond acceptors (Lipinski definition) is 2. The van der Waals surface area contributed by atoms with Gasteiger partial charge in [0.25, 0.3) is 0 Å². The van der Waals surface area contributed by atoms with Gasteiger partial charge in [-0.15, -0.1) is 0 Å². The quantitative estimate of drug-likeness (QED) is 0.551. The second-order valence-electron chi connectivity index (χ2n) is 3.58. The number of fused-ring (bicyclic) bond motifs is 6. The van der Waals surface area contributed by atoms with E-state index in [1.165, 1.54) is 25.7 Å². The van der Waals surface area contributed by atoms with E-state index in [2.05, 4.69) is 23.5 Å². The normalized spacial score (nSPS) is 57.6. The van der Waals surface area contributed by atoms with Gasteiger partial charge in [-0.1, -0.05) is 0 Å². The molecule has 0 radical (unpaired) electrons.